The summed E-state index contributed by atoms with van der Waals surface area (Å²) < 4.78 is 22.5. The molecule has 0 aliphatic rings. The Bertz CT molecular complexity index is 442. The SMILES string of the molecule is C[C@@H]([C@@H](O)c1cccc(N)c1)S(C)(=O)=O. The van der Waals surface area contributed by atoms with Crippen molar-refractivity contribution >= 4 is 15.5 Å². The summed E-state index contributed by atoms with van der Waals surface area (Å²) in [6, 6.07) is 6.60. The number of hydrogen-bond acceptors (Lipinski definition) is 4. The number of aliphatic hydroxyl groups is 1. The monoisotopic (exact) mass is 229 g/mol. The molecule has 1 aromatic carbocycles. The van der Waals surface area contributed by atoms with E-state index in [0.29, 0.717) is 11.3 Å². The second-order valence-electron chi connectivity index (χ2n) is 3.65. The van der Waals surface area contributed by atoms with Gasteiger partial charge >= 0.3 is 0 Å². The Kier molecular flexibility index (Phi) is 3.36. The van der Waals surface area contributed by atoms with Gasteiger partial charge in [-0.05, 0) is 24.6 Å². The Balaban J connectivity index is 3.00. The van der Waals surface area contributed by atoms with Gasteiger partial charge in [-0.3, -0.25) is 0 Å². The molecule has 1 rings (SSSR count). The lowest BCUT2D eigenvalue weighted by Crippen LogP contribution is -2.24. The Morgan fingerprint density at radius 2 is 2.00 bits per heavy atom. The zero-order valence-corrected chi connectivity index (χ0v) is 9.53. The van der Waals surface area contributed by atoms with Gasteiger partial charge in [0.2, 0.25) is 0 Å². The molecule has 0 saturated heterocycles. The quantitative estimate of drug-likeness (QED) is 0.749. The van der Waals surface area contributed by atoms with E-state index in [1.807, 2.05) is 0 Å². The molecule has 0 amide bonds. The van der Waals surface area contributed by atoms with Gasteiger partial charge in [-0.2, -0.15) is 0 Å². The maximum atomic E-state index is 11.2. The van der Waals surface area contributed by atoms with Crippen molar-refractivity contribution in [2.45, 2.75) is 18.3 Å². The number of benzene rings is 1. The topological polar surface area (TPSA) is 80.4 Å². The highest BCUT2D eigenvalue weighted by molar-refractivity contribution is 7.91. The molecule has 0 aliphatic carbocycles. The molecule has 15 heavy (non-hydrogen) atoms. The Morgan fingerprint density at radius 1 is 1.40 bits per heavy atom. The van der Waals surface area contributed by atoms with Crippen LogP contribution in [0.1, 0.15) is 18.6 Å². The summed E-state index contributed by atoms with van der Waals surface area (Å²) in [7, 11) is -3.25. The van der Waals surface area contributed by atoms with Gasteiger partial charge in [0.25, 0.3) is 0 Å². The van der Waals surface area contributed by atoms with Crippen molar-refractivity contribution in [2.24, 2.45) is 0 Å². The van der Waals surface area contributed by atoms with Crippen molar-refractivity contribution in [2.75, 3.05) is 12.0 Å². The number of anilines is 1. The lowest BCUT2D eigenvalue weighted by Gasteiger charge is -2.17. The lowest BCUT2D eigenvalue weighted by molar-refractivity contribution is 0.176. The summed E-state index contributed by atoms with van der Waals surface area (Å²) in [4.78, 5) is 0. The van der Waals surface area contributed by atoms with Crippen LogP contribution in [0.2, 0.25) is 0 Å². The molecule has 0 radical (unpaired) electrons. The smallest absolute Gasteiger partial charge is 0.152 e. The van der Waals surface area contributed by atoms with Gasteiger partial charge in [-0.25, -0.2) is 8.42 Å². The normalized spacial score (nSPS) is 15.9. The van der Waals surface area contributed by atoms with Gasteiger partial charge in [0, 0.05) is 11.9 Å². The molecule has 5 heteroatoms. The Hall–Kier alpha value is -1.07. The van der Waals surface area contributed by atoms with Gasteiger partial charge in [0.05, 0.1) is 11.4 Å². The van der Waals surface area contributed by atoms with Crippen LogP contribution in [0.5, 0.6) is 0 Å². The molecule has 0 fully saturated rings. The van der Waals surface area contributed by atoms with E-state index < -0.39 is 21.2 Å². The molecule has 2 atom stereocenters. The summed E-state index contributed by atoms with van der Waals surface area (Å²) in [6.45, 7) is 1.48. The number of rotatable bonds is 3. The van der Waals surface area contributed by atoms with Crippen molar-refractivity contribution in [1.82, 2.24) is 0 Å². The summed E-state index contributed by atoms with van der Waals surface area (Å²) in [5, 5.41) is 8.98. The number of nitrogens with two attached hydrogens (primary N) is 1. The lowest BCUT2D eigenvalue weighted by atomic mass is 10.1. The van der Waals surface area contributed by atoms with Crippen molar-refractivity contribution in [3.63, 3.8) is 0 Å². The van der Waals surface area contributed by atoms with Crippen LogP contribution in [-0.2, 0) is 9.84 Å². The van der Waals surface area contributed by atoms with E-state index in [-0.39, 0.29) is 0 Å². The minimum Gasteiger partial charge on any atom is -0.399 e. The molecule has 1 aromatic rings. The fourth-order valence-electron chi connectivity index (χ4n) is 1.25. The number of sulfone groups is 1. The van der Waals surface area contributed by atoms with Gasteiger partial charge in [-0.15, -0.1) is 0 Å². The average molecular weight is 229 g/mol. The third-order valence-corrected chi connectivity index (χ3v) is 3.98. The molecule has 0 aromatic heterocycles. The first-order valence-corrected chi connectivity index (χ1v) is 6.50. The van der Waals surface area contributed by atoms with Gasteiger partial charge in [0.15, 0.2) is 9.84 Å². The molecule has 4 nitrogen and oxygen atoms in total. The maximum Gasteiger partial charge on any atom is 0.152 e. The highest BCUT2D eigenvalue weighted by atomic mass is 32.2. The second kappa shape index (κ2) is 4.20. The Morgan fingerprint density at radius 3 is 2.47 bits per heavy atom. The Labute approximate surface area is 89.7 Å². The van der Waals surface area contributed by atoms with E-state index in [9.17, 15) is 13.5 Å². The van der Waals surface area contributed by atoms with Gasteiger partial charge in [0.1, 0.15) is 0 Å². The zero-order chi connectivity index (χ0) is 11.6. The molecule has 3 N–H and O–H groups in total. The molecule has 0 spiro atoms. The molecular weight excluding hydrogens is 214 g/mol. The molecule has 0 heterocycles. The first kappa shape index (κ1) is 12.0. The fraction of sp³-hybridized carbons (Fsp3) is 0.400. The predicted octanol–water partition coefficient (Wildman–Crippen LogP) is 0.735. The maximum absolute atomic E-state index is 11.2. The summed E-state index contributed by atoms with van der Waals surface area (Å²) >= 11 is 0. The van der Waals surface area contributed by atoms with Crippen LogP contribution >= 0.6 is 0 Å². The molecule has 0 aliphatic heterocycles. The number of aliphatic hydroxyl groups excluding tert-OH is 1. The number of hydrogen-bond donors (Lipinski definition) is 2. The summed E-state index contributed by atoms with van der Waals surface area (Å²) in [5.74, 6) is 0. The highest BCUT2D eigenvalue weighted by Gasteiger charge is 2.25. The fourth-order valence-corrected chi connectivity index (χ4v) is 1.87. The largest absolute Gasteiger partial charge is 0.399 e. The standard InChI is InChI=1S/C10H15NO3S/c1-7(15(2,13)14)10(12)8-4-3-5-9(11)6-8/h3-7,10,12H,11H2,1-2H3/t7-,10+/m0/s1. The van der Waals surface area contributed by atoms with Crippen molar-refractivity contribution in [3.05, 3.63) is 29.8 Å². The van der Waals surface area contributed by atoms with Crippen molar-refractivity contribution in [3.8, 4) is 0 Å². The average Bonchev–Trinajstić information content (AvgIpc) is 2.14. The van der Waals surface area contributed by atoms with E-state index in [0.717, 1.165) is 6.26 Å². The van der Waals surface area contributed by atoms with Crippen LogP contribution in [0, 0.1) is 0 Å². The first-order chi connectivity index (χ1) is 6.82. The van der Waals surface area contributed by atoms with Crippen LogP contribution in [0.3, 0.4) is 0 Å². The third kappa shape index (κ3) is 2.94. The molecule has 0 unspecified atom stereocenters. The van der Waals surface area contributed by atoms with Crippen molar-refractivity contribution in [1.29, 1.82) is 0 Å². The van der Waals surface area contributed by atoms with Crippen molar-refractivity contribution < 1.29 is 13.5 Å². The van der Waals surface area contributed by atoms with Crippen LogP contribution in [-0.4, -0.2) is 25.0 Å². The minimum atomic E-state index is -3.25. The first-order valence-electron chi connectivity index (χ1n) is 4.54. The molecule has 84 valence electrons. The van der Waals surface area contributed by atoms with Gasteiger partial charge < -0.3 is 10.8 Å². The highest BCUT2D eigenvalue weighted by Crippen LogP contribution is 2.22. The van der Waals surface area contributed by atoms with Crippen LogP contribution in [0.4, 0.5) is 5.69 Å². The third-order valence-electron chi connectivity index (χ3n) is 2.37. The minimum absolute atomic E-state index is 0.507. The zero-order valence-electron chi connectivity index (χ0n) is 8.71. The van der Waals surface area contributed by atoms with E-state index in [4.69, 9.17) is 5.73 Å². The predicted molar refractivity (Wildman–Crippen MR) is 60.1 cm³/mol. The van der Waals surface area contributed by atoms with Crippen LogP contribution < -0.4 is 5.73 Å². The number of nitrogen functional groups attached to an aromatic ring is 1. The summed E-state index contributed by atoms with van der Waals surface area (Å²) in [6.07, 6.45) is 0.0659. The molecular formula is C10H15NO3S. The molecule has 0 bridgehead atoms. The van der Waals surface area contributed by atoms with Gasteiger partial charge in [-0.1, -0.05) is 12.1 Å². The van der Waals surface area contributed by atoms with E-state index in [1.54, 1.807) is 24.3 Å². The second-order valence-corrected chi connectivity index (χ2v) is 6.05. The van der Waals surface area contributed by atoms with Crippen LogP contribution in [0.25, 0.3) is 0 Å². The molecule has 0 saturated carbocycles. The van der Waals surface area contributed by atoms with E-state index in [2.05, 4.69) is 0 Å². The van der Waals surface area contributed by atoms with E-state index in [1.165, 1.54) is 6.92 Å². The van der Waals surface area contributed by atoms with E-state index >= 15 is 0 Å². The van der Waals surface area contributed by atoms with Crippen LogP contribution in [0.15, 0.2) is 24.3 Å². The summed E-state index contributed by atoms with van der Waals surface area (Å²) in [5.41, 5.74) is 6.57.